The van der Waals surface area contributed by atoms with Gasteiger partial charge < -0.3 is 19.7 Å². The molecule has 1 aliphatic heterocycles. The number of esters is 1. The first kappa shape index (κ1) is 22.6. The van der Waals surface area contributed by atoms with Crippen LogP contribution in [-0.4, -0.2) is 43.1 Å². The van der Waals surface area contributed by atoms with E-state index in [1.54, 1.807) is 13.8 Å². The van der Waals surface area contributed by atoms with E-state index in [1.807, 2.05) is 0 Å². The molecule has 1 heterocycles. The lowest BCUT2D eigenvalue weighted by Crippen LogP contribution is -2.46. The molecule has 0 aromatic heterocycles. The third-order valence-electron chi connectivity index (χ3n) is 6.33. The summed E-state index contributed by atoms with van der Waals surface area (Å²) in [5.74, 6) is -2.53. The van der Waals surface area contributed by atoms with Gasteiger partial charge in [-0.05, 0) is 41.4 Å². The average molecular weight is 449 g/mol. The fraction of sp³-hybridized carbons (Fsp3) is 0.455. The van der Waals surface area contributed by atoms with Crippen LogP contribution in [0.15, 0.2) is 47.0 Å². The summed E-state index contributed by atoms with van der Waals surface area (Å²) in [6, 6.07) is 4.33. The molecule has 6 nitrogen and oxygen atoms in total. The van der Waals surface area contributed by atoms with Crippen molar-refractivity contribution >= 4 is 19.0 Å². The second kappa shape index (κ2) is 8.40. The highest BCUT2D eigenvalue weighted by molar-refractivity contribution is 6.54. The monoisotopic (exact) mass is 449 g/mol. The van der Waals surface area contributed by atoms with Crippen molar-refractivity contribution in [2.24, 2.45) is 17.3 Å². The molecule has 0 bridgehead atoms. The van der Waals surface area contributed by atoms with Crippen LogP contribution in [0.2, 0.25) is 0 Å². The van der Waals surface area contributed by atoms with E-state index in [9.17, 15) is 27.8 Å². The zero-order valence-electron chi connectivity index (χ0n) is 17.6. The number of hydrogen-bond acceptors (Lipinski definition) is 5. The number of amides is 1. The van der Waals surface area contributed by atoms with E-state index in [-0.39, 0.29) is 36.1 Å². The molecule has 2 N–H and O–H groups in total. The topological polar surface area (TPSA) is 84.9 Å². The quantitative estimate of drug-likeness (QED) is 0.494. The molecule has 32 heavy (non-hydrogen) atoms. The van der Waals surface area contributed by atoms with Gasteiger partial charge in [0.2, 0.25) is 0 Å². The van der Waals surface area contributed by atoms with Gasteiger partial charge in [-0.3, -0.25) is 4.79 Å². The SMILES string of the molecule is CC(C)[C@H](NC(=O)C1=CC2CC23COB(O)C3=C1C(F)F)C(=O)OCc1ccc(F)cc1. The molecule has 2 fully saturated rings. The van der Waals surface area contributed by atoms with Gasteiger partial charge in [-0.25, -0.2) is 18.0 Å². The predicted octanol–water partition coefficient (Wildman–Crippen LogP) is 2.57. The van der Waals surface area contributed by atoms with Crippen molar-refractivity contribution in [3.05, 3.63) is 58.3 Å². The summed E-state index contributed by atoms with van der Waals surface area (Å²) >= 11 is 0. The number of allylic oxidation sites excluding steroid dienone is 1. The number of hydrogen-bond donors (Lipinski definition) is 2. The Kier molecular flexibility index (Phi) is 5.94. The minimum atomic E-state index is -2.99. The molecule has 1 aromatic carbocycles. The van der Waals surface area contributed by atoms with E-state index in [0.717, 1.165) is 0 Å². The van der Waals surface area contributed by atoms with Crippen LogP contribution in [0.3, 0.4) is 0 Å². The zero-order valence-corrected chi connectivity index (χ0v) is 17.6. The average Bonchev–Trinajstić information content (AvgIpc) is 3.38. The van der Waals surface area contributed by atoms with Crippen LogP contribution in [0.1, 0.15) is 25.8 Å². The molecule has 2 unspecified atom stereocenters. The van der Waals surface area contributed by atoms with Crippen molar-refractivity contribution in [2.75, 3.05) is 6.61 Å². The third-order valence-corrected chi connectivity index (χ3v) is 6.33. The van der Waals surface area contributed by atoms with Crippen molar-refractivity contribution in [2.45, 2.75) is 39.3 Å². The van der Waals surface area contributed by atoms with Gasteiger partial charge >= 0.3 is 13.1 Å². The van der Waals surface area contributed by atoms with Crippen LogP contribution in [0, 0.1) is 23.1 Å². The number of carbonyl (C=O) groups excluding carboxylic acids is 2. The molecule has 1 aromatic rings. The molecule has 4 rings (SSSR count). The number of nitrogens with one attached hydrogen (secondary N) is 1. The molecule has 3 aliphatic rings. The summed E-state index contributed by atoms with van der Waals surface area (Å²) in [6.07, 6.45) is -0.970. The molecule has 1 spiro atoms. The van der Waals surface area contributed by atoms with Crippen molar-refractivity contribution in [3.63, 3.8) is 0 Å². The summed E-state index contributed by atoms with van der Waals surface area (Å²) < 4.78 is 51.4. The predicted molar refractivity (Wildman–Crippen MR) is 109 cm³/mol. The van der Waals surface area contributed by atoms with E-state index in [1.165, 1.54) is 30.3 Å². The number of halogens is 3. The Labute approximate surface area is 183 Å². The molecule has 0 radical (unpaired) electrons. The molecule has 170 valence electrons. The number of carbonyl (C=O) groups is 2. The van der Waals surface area contributed by atoms with Crippen molar-refractivity contribution in [1.82, 2.24) is 5.32 Å². The second-order valence-electron chi connectivity index (χ2n) is 8.77. The normalized spacial score (nSPS) is 24.8. The highest BCUT2D eigenvalue weighted by Gasteiger charge is 2.66. The Morgan fingerprint density at radius 2 is 2.00 bits per heavy atom. The maximum Gasteiger partial charge on any atom is 0.488 e. The van der Waals surface area contributed by atoms with Crippen molar-refractivity contribution in [3.8, 4) is 0 Å². The van der Waals surface area contributed by atoms with Crippen LogP contribution < -0.4 is 5.32 Å². The van der Waals surface area contributed by atoms with Crippen LogP contribution in [0.25, 0.3) is 0 Å². The van der Waals surface area contributed by atoms with E-state index in [2.05, 4.69) is 5.32 Å². The Bertz CT molecular complexity index is 994. The molecular weight excluding hydrogens is 426 g/mol. The lowest BCUT2D eigenvalue weighted by molar-refractivity contribution is -0.150. The smallest absolute Gasteiger partial charge is 0.459 e. The van der Waals surface area contributed by atoms with Gasteiger partial charge in [0.1, 0.15) is 18.5 Å². The molecule has 3 atom stereocenters. The number of rotatable bonds is 7. The van der Waals surface area contributed by atoms with Crippen molar-refractivity contribution in [1.29, 1.82) is 0 Å². The Hall–Kier alpha value is -2.59. The van der Waals surface area contributed by atoms with E-state index in [4.69, 9.17) is 9.39 Å². The molecular formula is C22H23BF3NO5. The van der Waals surface area contributed by atoms with Gasteiger partial charge in [0, 0.05) is 23.2 Å². The highest BCUT2D eigenvalue weighted by Crippen LogP contribution is 2.66. The van der Waals surface area contributed by atoms with Gasteiger partial charge in [-0.2, -0.15) is 0 Å². The summed E-state index contributed by atoms with van der Waals surface area (Å²) in [5, 5.41) is 12.6. The summed E-state index contributed by atoms with van der Waals surface area (Å²) in [6.45, 7) is 3.39. The van der Waals surface area contributed by atoms with Gasteiger partial charge in [0.25, 0.3) is 12.3 Å². The standard InChI is InChI=1S/C22H23BF3NO5/c1-11(2)17(21(29)31-9-12-3-5-14(24)6-4-12)27-20(28)15-7-13-8-22(13)10-32-23(30)18(22)16(15)19(25)26/h3-7,11,13,17,19,30H,8-10H2,1-2H3,(H,27,28)/t13?,17-,22?/m0/s1. The first-order valence-electron chi connectivity index (χ1n) is 10.4. The Morgan fingerprint density at radius 1 is 1.31 bits per heavy atom. The molecule has 2 aliphatic carbocycles. The minimum absolute atomic E-state index is 0.0742. The lowest BCUT2D eigenvalue weighted by atomic mass is 9.66. The van der Waals surface area contributed by atoms with Crippen molar-refractivity contribution < 1.29 is 37.2 Å². The van der Waals surface area contributed by atoms with Crippen LogP contribution >= 0.6 is 0 Å². The molecule has 1 saturated carbocycles. The van der Waals surface area contributed by atoms with Crippen LogP contribution in [0.4, 0.5) is 13.2 Å². The number of ether oxygens (including phenoxy) is 1. The Balaban J connectivity index is 1.50. The van der Waals surface area contributed by atoms with Gasteiger partial charge in [0.05, 0.1) is 0 Å². The summed E-state index contributed by atoms with van der Waals surface area (Å²) in [7, 11) is -1.47. The fourth-order valence-electron chi connectivity index (χ4n) is 4.47. The number of benzene rings is 1. The van der Waals surface area contributed by atoms with Crippen LogP contribution in [0.5, 0.6) is 0 Å². The first-order chi connectivity index (χ1) is 15.1. The second-order valence-corrected chi connectivity index (χ2v) is 8.77. The molecule has 1 saturated heterocycles. The third kappa shape index (κ3) is 3.97. The van der Waals surface area contributed by atoms with Crippen LogP contribution in [-0.2, 0) is 25.6 Å². The van der Waals surface area contributed by atoms with E-state index >= 15 is 0 Å². The van der Waals surface area contributed by atoms with E-state index < -0.39 is 48.3 Å². The van der Waals surface area contributed by atoms with Gasteiger partial charge in [-0.15, -0.1) is 0 Å². The Morgan fingerprint density at radius 3 is 2.62 bits per heavy atom. The maximum absolute atomic E-state index is 14.0. The van der Waals surface area contributed by atoms with E-state index in [0.29, 0.717) is 12.0 Å². The largest absolute Gasteiger partial charge is 0.488 e. The zero-order chi connectivity index (χ0) is 23.2. The minimum Gasteiger partial charge on any atom is -0.459 e. The molecule has 10 heteroatoms. The summed E-state index contributed by atoms with van der Waals surface area (Å²) in [5.41, 5.74) is -0.780. The first-order valence-corrected chi connectivity index (χ1v) is 10.4. The fourth-order valence-corrected chi connectivity index (χ4v) is 4.47. The van der Waals surface area contributed by atoms with Gasteiger partial charge in [0.15, 0.2) is 0 Å². The number of alkyl halides is 2. The summed E-state index contributed by atoms with van der Waals surface area (Å²) in [4.78, 5) is 25.6. The lowest BCUT2D eigenvalue weighted by Gasteiger charge is -2.26. The maximum atomic E-state index is 14.0. The highest BCUT2D eigenvalue weighted by atomic mass is 19.3. The molecule has 1 amide bonds. The van der Waals surface area contributed by atoms with Gasteiger partial charge in [-0.1, -0.05) is 32.1 Å².